The number of fused-ring (bicyclic) bond motifs is 19. The van der Waals surface area contributed by atoms with E-state index in [1.54, 1.807) is 0 Å². The fraction of sp³-hybridized carbons (Fsp3) is 0. The molecule has 0 unspecified atom stereocenters. The first-order chi connectivity index (χ1) is 37.6. The molecule has 2 aliphatic rings. The topological polar surface area (TPSA) is 62.4 Å². The summed E-state index contributed by atoms with van der Waals surface area (Å²) in [5.41, 5.74) is 17.1. The summed E-state index contributed by atoms with van der Waals surface area (Å²) >= 11 is 3.66. The van der Waals surface area contributed by atoms with Crippen LogP contribution in [0.3, 0.4) is 0 Å². The minimum atomic E-state index is -0.238. The number of thiophene rings is 2. The lowest BCUT2D eigenvalue weighted by atomic mass is 9.34. The third kappa shape index (κ3) is 5.03. The van der Waals surface area contributed by atoms with Gasteiger partial charge in [-0.1, -0.05) is 133 Å². The van der Waals surface area contributed by atoms with Gasteiger partial charge >= 0.3 is 0 Å². The number of nitriles is 2. The maximum absolute atomic E-state index is 12.2. The lowest BCUT2D eigenvalue weighted by Gasteiger charge is -2.35. The van der Waals surface area contributed by atoms with Gasteiger partial charge in [-0.05, 0) is 111 Å². The van der Waals surface area contributed by atoms with E-state index in [1.807, 2.05) is 22.7 Å². The van der Waals surface area contributed by atoms with E-state index in [4.69, 9.17) is 0 Å². The molecule has 16 aromatic rings. The number of hydrogen-bond donors (Lipinski definition) is 0. The van der Waals surface area contributed by atoms with Crippen LogP contribution in [0.15, 0.2) is 206 Å². The van der Waals surface area contributed by atoms with Crippen molar-refractivity contribution in [1.82, 2.24) is 13.7 Å². The van der Waals surface area contributed by atoms with Crippen LogP contribution >= 0.6 is 22.7 Å². The van der Waals surface area contributed by atoms with E-state index >= 15 is 0 Å². The van der Waals surface area contributed by atoms with Gasteiger partial charge in [0.25, 0.3) is 6.71 Å². The van der Waals surface area contributed by atoms with Gasteiger partial charge in [0.1, 0.15) is 23.3 Å². The first kappa shape index (κ1) is 40.7. The minimum absolute atomic E-state index is 0.238. The number of aromatic nitrogens is 3. The Morgan fingerprint density at radius 1 is 0.316 bits per heavy atom. The lowest BCUT2D eigenvalue weighted by Crippen LogP contribution is -2.60. The zero-order valence-corrected chi connectivity index (χ0v) is 41.9. The number of rotatable bonds is 3. The molecule has 0 amide bonds. The monoisotopic (exact) mass is 995 g/mol. The van der Waals surface area contributed by atoms with Crippen molar-refractivity contribution in [3.63, 3.8) is 0 Å². The average Bonchev–Trinajstić information content (AvgIpc) is 4.34. The molecule has 7 heterocycles. The van der Waals surface area contributed by atoms with Crippen LogP contribution in [-0.2, 0) is 0 Å². The second-order valence-corrected chi connectivity index (χ2v) is 22.6. The molecule has 0 spiro atoms. The fourth-order valence-corrected chi connectivity index (χ4v) is 16.0. The number of hydrogen-bond acceptors (Lipinski definition) is 4. The van der Waals surface area contributed by atoms with E-state index < -0.39 is 0 Å². The van der Waals surface area contributed by atoms with E-state index in [2.05, 4.69) is 232 Å². The molecule has 0 fully saturated rings. The van der Waals surface area contributed by atoms with Gasteiger partial charge in [-0.2, -0.15) is 10.5 Å². The largest absolute Gasteiger partial charge is 0.309 e. The Labute approximate surface area is 441 Å². The molecule has 5 nitrogen and oxygen atoms in total. The van der Waals surface area contributed by atoms with Crippen molar-refractivity contribution in [2.24, 2.45) is 0 Å². The Morgan fingerprint density at radius 3 is 1.17 bits per heavy atom. The normalized spacial score (nSPS) is 12.7. The average molecular weight is 996 g/mol. The second kappa shape index (κ2) is 14.5. The maximum atomic E-state index is 12.2. The molecule has 0 aliphatic carbocycles. The smallest absolute Gasteiger partial charge is 0.252 e. The van der Waals surface area contributed by atoms with Crippen LogP contribution in [0, 0.1) is 22.7 Å². The van der Waals surface area contributed by atoms with E-state index in [-0.39, 0.29) is 6.71 Å². The van der Waals surface area contributed by atoms with Crippen LogP contribution < -0.4 is 16.4 Å². The third-order valence-corrected chi connectivity index (χ3v) is 19.2. The van der Waals surface area contributed by atoms with Crippen LogP contribution in [0.1, 0.15) is 11.1 Å². The van der Waals surface area contributed by atoms with Gasteiger partial charge in [0.15, 0.2) is 0 Å². The van der Waals surface area contributed by atoms with Gasteiger partial charge in [-0.3, -0.25) is 0 Å². The summed E-state index contributed by atoms with van der Waals surface area (Å²) in [6, 6.07) is 80.8. The van der Waals surface area contributed by atoms with Gasteiger partial charge in [-0.25, -0.2) is 0 Å². The summed E-state index contributed by atoms with van der Waals surface area (Å²) in [5, 5.41) is 36.0. The molecule has 18 rings (SSSR count). The first-order valence-corrected chi connectivity index (χ1v) is 27.3. The third-order valence-electron chi connectivity index (χ3n) is 16.9. The van der Waals surface area contributed by atoms with Crippen molar-refractivity contribution < 1.29 is 0 Å². The zero-order valence-electron chi connectivity index (χ0n) is 40.3. The Bertz CT molecular complexity index is 5140. The summed E-state index contributed by atoms with van der Waals surface area (Å²) in [6.07, 6.45) is 0. The summed E-state index contributed by atoms with van der Waals surface area (Å²) in [5.74, 6) is 0. The predicted molar refractivity (Wildman–Crippen MR) is 320 cm³/mol. The summed E-state index contributed by atoms with van der Waals surface area (Å²) in [6.45, 7) is -0.238. The van der Waals surface area contributed by atoms with Crippen molar-refractivity contribution in [3.05, 3.63) is 217 Å². The molecule has 0 saturated heterocycles. The molecule has 5 aromatic heterocycles. The molecule has 76 heavy (non-hydrogen) atoms. The highest BCUT2D eigenvalue weighted by Crippen LogP contribution is 2.47. The molecule has 11 aromatic carbocycles. The van der Waals surface area contributed by atoms with Crippen molar-refractivity contribution in [2.45, 2.75) is 0 Å². The molecule has 0 atom stereocenters. The molecular formula is C68H34BN5S2. The highest BCUT2D eigenvalue weighted by atomic mass is 32.1. The molecule has 0 N–H and O–H groups in total. The lowest BCUT2D eigenvalue weighted by molar-refractivity contribution is 1.08. The quantitative estimate of drug-likeness (QED) is 0.166. The van der Waals surface area contributed by atoms with Gasteiger partial charge in [0.2, 0.25) is 0 Å². The van der Waals surface area contributed by atoms with Crippen LogP contribution in [0.5, 0.6) is 0 Å². The van der Waals surface area contributed by atoms with Crippen molar-refractivity contribution in [1.29, 1.82) is 10.5 Å². The minimum Gasteiger partial charge on any atom is -0.309 e. The van der Waals surface area contributed by atoms with E-state index in [0.29, 0.717) is 16.8 Å². The van der Waals surface area contributed by atoms with Crippen LogP contribution in [-0.4, -0.2) is 20.4 Å². The Kier molecular flexibility index (Phi) is 7.79. The van der Waals surface area contributed by atoms with Gasteiger partial charge in [0.05, 0.1) is 39.1 Å². The summed E-state index contributed by atoms with van der Waals surface area (Å²) < 4.78 is 12.0. The maximum Gasteiger partial charge on any atom is 0.252 e. The molecule has 2 aliphatic heterocycles. The molecule has 0 saturated carbocycles. The van der Waals surface area contributed by atoms with E-state index in [9.17, 15) is 10.5 Å². The highest BCUT2D eigenvalue weighted by molar-refractivity contribution is 7.26. The van der Waals surface area contributed by atoms with E-state index in [1.165, 1.54) is 51.3 Å². The molecule has 346 valence electrons. The highest BCUT2D eigenvalue weighted by Gasteiger charge is 2.44. The van der Waals surface area contributed by atoms with Gasteiger partial charge in [-0.15, -0.1) is 22.7 Å². The zero-order chi connectivity index (χ0) is 49.7. The van der Waals surface area contributed by atoms with Gasteiger partial charge in [0, 0.05) is 83.7 Å². The van der Waals surface area contributed by atoms with Crippen LogP contribution in [0.25, 0.3) is 145 Å². The number of nitrogens with zero attached hydrogens (tertiary/aromatic N) is 5. The molecule has 0 bridgehead atoms. The number of benzene rings is 11. The molecular weight excluding hydrogens is 962 g/mol. The van der Waals surface area contributed by atoms with Crippen LogP contribution in [0.4, 0.5) is 0 Å². The van der Waals surface area contributed by atoms with Crippen molar-refractivity contribution in [3.8, 4) is 51.5 Å². The summed E-state index contributed by atoms with van der Waals surface area (Å²) in [7, 11) is 0. The SMILES string of the molecule is N#Cc1c(-n2c3ccc(-c4ccc5sc6ccccc6c5c4)cc3c3cc(-c4ccc5sc6ccccc6c5c4)ccc32)c(C#N)c2c3c1-n1c4ccccc4c4cccc(c41)B3c1cccc3c4ccccc4n-2c13. The Balaban J connectivity index is 0.994. The fourth-order valence-electron chi connectivity index (χ4n) is 13.8. The van der Waals surface area contributed by atoms with E-state index in [0.717, 1.165) is 105 Å². The van der Waals surface area contributed by atoms with Crippen LogP contribution in [0.2, 0.25) is 0 Å². The predicted octanol–water partition coefficient (Wildman–Crippen LogP) is 15.9. The van der Waals surface area contributed by atoms with Gasteiger partial charge < -0.3 is 13.7 Å². The molecule has 0 radical (unpaired) electrons. The standard InChI is InChI=1S/C68H34BN5S2/c70-35-51-64(52(36-71)68-63-67(51)73-55-19-5-1-11-41(55)45-15-9-17-53(65(45)73)69(63)54-18-10-16-46-42-12-2-6-20-56(42)74(68)66(46)54)72-57-27-23-37(39-25-29-61-49(33-39)43-13-3-7-21-59(43)75-61)31-47(57)48-32-38(24-28-58(48)72)40-26-30-62-50(34-40)44-14-4-8-22-60(44)76-62/h1-34H. The Morgan fingerprint density at radius 2 is 0.697 bits per heavy atom. The van der Waals surface area contributed by atoms with Crippen molar-refractivity contribution >= 4 is 152 Å². The number of para-hydroxylation sites is 4. The summed E-state index contributed by atoms with van der Waals surface area (Å²) in [4.78, 5) is 0. The molecule has 8 heteroatoms. The van der Waals surface area contributed by atoms with Crippen molar-refractivity contribution in [2.75, 3.05) is 0 Å². The first-order valence-electron chi connectivity index (χ1n) is 25.6. The second-order valence-electron chi connectivity index (χ2n) is 20.5. The Hall–Kier alpha value is -9.70.